The van der Waals surface area contributed by atoms with E-state index in [0.717, 1.165) is 22.4 Å². The predicted octanol–water partition coefficient (Wildman–Crippen LogP) is 3.30. The predicted molar refractivity (Wildman–Crippen MR) is 79.6 cm³/mol. The number of hydrogen-bond donors (Lipinski definition) is 1. The number of hydrogen-bond acceptors (Lipinski definition) is 3. The molecule has 0 saturated heterocycles. The number of amides is 1. The van der Waals surface area contributed by atoms with Crippen LogP contribution < -0.4 is 10.6 Å². The molecule has 0 bridgehead atoms. The summed E-state index contributed by atoms with van der Waals surface area (Å²) in [4.78, 5) is 15.0. The first kappa shape index (κ1) is 13.9. The Bertz CT molecular complexity index is 721. The molecule has 0 saturated carbocycles. The first-order valence-corrected chi connectivity index (χ1v) is 7.34. The van der Waals surface area contributed by atoms with Crippen molar-refractivity contribution in [1.82, 2.24) is 0 Å². The molecule has 2 aromatic carbocycles. The van der Waals surface area contributed by atoms with Gasteiger partial charge in [0.15, 0.2) is 0 Å². The van der Waals surface area contributed by atoms with Gasteiger partial charge in [-0.05, 0) is 18.2 Å². The number of rotatable bonds is 1. The lowest BCUT2D eigenvalue weighted by molar-refractivity contribution is 0.0984. The van der Waals surface area contributed by atoms with Gasteiger partial charge < -0.3 is 10.6 Å². The van der Waals surface area contributed by atoms with Gasteiger partial charge in [0.2, 0.25) is 0 Å². The van der Waals surface area contributed by atoms with Crippen LogP contribution in [-0.4, -0.2) is 18.2 Å². The molecule has 0 atom stereocenters. The molecule has 0 spiro atoms. The first-order chi connectivity index (χ1) is 10.1. The molecule has 0 aromatic heterocycles. The van der Waals surface area contributed by atoms with E-state index in [4.69, 9.17) is 5.73 Å². The maximum Gasteiger partial charge on any atom is 0.261 e. The number of nitrogens with zero attached hydrogens (tertiary/aromatic N) is 1. The fraction of sp³-hybridized carbons (Fsp3) is 0.133. The summed E-state index contributed by atoms with van der Waals surface area (Å²) in [5.74, 6) is -1.55. The first-order valence-electron chi connectivity index (χ1n) is 6.36. The third-order valence-electron chi connectivity index (χ3n) is 3.29. The Morgan fingerprint density at radius 2 is 1.95 bits per heavy atom. The van der Waals surface area contributed by atoms with Crippen molar-refractivity contribution in [3.63, 3.8) is 0 Å². The van der Waals surface area contributed by atoms with Gasteiger partial charge in [0, 0.05) is 23.3 Å². The van der Waals surface area contributed by atoms with Crippen molar-refractivity contribution < 1.29 is 13.6 Å². The van der Waals surface area contributed by atoms with E-state index < -0.39 is 17.5 Å². The van der Waals surface area contributed by atoms with Crippen LogP contribution in [0.4, 0.5) is 20.2 Å². The highest BCUT2D eigenvalue weighted by Gasteiger charge is 2.26. The van der Waals surface area contributed by atoms with Crippen molar-refractivity contribution in [3.8, 4) is 0 Å². The summed E-state index contributed by atoms with van der Waals surface area (Å²) in [6.45, 7) is 0.469. The Hall–Kier alpha value is -2.08. The topological polar surface area (TPSA) is 46.3 Å². The Morgan fingerprint density at radius 1 is 1.19 bits per heavy atom. The molecule has 108 valence electrons. The maximum absolute atomic E-state index is 13.9. The quantitative estimate of drug-likeness (QED) is 0.822. The van der Waals surface area contributed by atoms with Gasteiger partial charge in [0.1, 0.15) is 11.6 Å². The fourth-order valence-electron chi connectivity index (χ4n) is 2.26. The summed E-state index contributed by atoms with van der Waals surface area (Å²) in [5.41, 5.74) is 5.72. The van der Waals surface area contributed by atoms with Crippen LogP contribution in [0.3, 0.4) is 0 Å². The van der Waals surface area contributed by atoms with Crippen LogP contribution in [0.5, 0.6) is 0 Å². The van der Waals surface area contributed by atoms with E-state index in [1.54, 1.807) is 11.8 Å². The zero-order valence-electron chi connectivity index (χ0n) is 11.0. The number of halogens is 2. The second kappa shape index (κ2) is 5.37. The second-order valence-electron chi connectivity index (χ2n) is 4.63. The van der Waals surface area contributed by atoms with Crippen LogP contribution in [0.15, 0.2) is 41.3 Å². The van der Waals surface area contributed by atoms with Crippen molar-refractivity contribution in [3.05, 3.63) is 53.6 Å². The number of nitrogens with two attached hydrogens (primary N) is 1. The van der Waals surface area contributed by atoms with Crippen LogP contribution in [0.25, 0.3) is 0 Å². The maximum atomic E-state index is 13.9. The SMILES string of the molecule is Nc1cc(C(=O)N2CCSc3ccccc32)c(F)cc1F. The molecule has 0 fully saturated rings. The Labute approximate surface area is 124 Å². The lowest BCUT2D eigenvalue weighted by Gasteiger charge is -2.29. The summed E-state index contributed by atoms with van der Waals surface area (Å²) in [7, 11) is 0. The number of carbonyl (C=O) groups is 1. The van der Waals surface area contributed by atoms with Gasteiger partial charge in [-0.25, -0.2) is 8.78 Å². The van der Waals surface area contributed by atoms with Crippen molar-refractivity contribution in [2.24, 2.45) is 0 Å². The monoisotopic (exact) mass is 306 g/mol. The summed E-state index contributed by atoms with van der Waals surface area (Å²) >= 11 is 1.64. The lowest BCUT2D eigenvalue weighted by atomic mass is 10.1. The molecule has 0 aliphatic carbocycles. The smallest absolute Gasteiger partial charge is 0.261 e. The Balaban J connectivity index is 2.03. The lowest BCUT2D eigenvalue weighted by Crippen LogP contribution is -2.36. The van der Waals surface area contributed by atoms with Crippen LogP contribution in [0.1, 0.15) is 10.4 Å². The van der Waals surface area contributed by atoms with E-state index in [0.29, 0.717) is 12.6 Å². The van der Waals surface area contributed by atoms with E-state index >= 15 is 0 Å². The van der Waals surface area contributed by atoms with Gasteiger partial charge in [0.05, 0.1) is 16.9 Å². The van der Waals surface area contributed by atoms with Crippen molar-refractivity contribution in [1.29, 1.82) is 0 Å². The number of carbonyl (C=O) groups excluding carboxylic acids is 1. The van der Waals surface area contributed by atoms with Gasteiger partial charge in [-0.1, -0.05) is 12.1 Å². The Morgan fingerprint density at radius 3 is 2.76 bits per heavy atom. The molecule has 2 N–H and O–H groups in total. The molecule has 3 rings (SSSR count). The molecule has 1 amide bonds. The molecule has 1 aliphatic heterocycles. The number of anilines is 2. The third-order valence-corrected chi connectivity index (χ3v) is 4.33. The molecule has 1 aliphatic rings. The van der Waals surface area contributed by atoms with Crippen LogP contribution >= 0.6 is 11.8 Å². The van der Waals surface area contributed by atoms with Crippen LogP contribution in [0.2, 0.25) is 0 Å². The normalized spacial score (nSPS) is 13.9. The molecule has 0 unspecified atom stereocenters. The van der Waals surface area contributed by atoms with Gasteiger partial charge in [-0.3, -0.25) is 4.79 Å². The summed E-state index contributed by atoms with van der Waals surface area (Å²) in [6.07, 6.45) is 0. The van der Waals surface area contributed by atoms with Gasteiger partial charge >= 0.3 is 0 Å². The second-order valence-corrected chi connectivity index (χ2v) is 5.76. The van der Waals surface area contributed by atoms with E-state index in [2.05, 4.69) is 0 Å². The molecular formula is C15H12F2N2OS. The minimum Gasteiger partial charge on any atom is -0.396 e. The van der Waals surface area contributed by atoms with Gasteiger partial charge in [0.25, 0.3) is 5.91 Å². The zero-order valence-corrected chi connectivity index (χ0v) is 11.8. The third kappa shape index (κ3) is 2.47. The molecule has 2 aromatic rings. The largest absolute Gasteiger partial charge is 0.396 e. The van der Waals surface area contributed by atoms with Gasteiger partial charge in [-0.2, -0.15) is 0 Å². The van der Waals surface area contributed by atoms with E-state index in [-0.39, 0.29) is 11.3 Å². The molecule has 1 heterocycles. The highest BCUT2D eigenvalue weighted by Crippen LogP contribution is 2.35. The molecule has 0 radical (unpaired) electrons. The highest BCUT2D eigenvalue weighted by atomic mass is 32.2. The average Bonchev–Trinajstić information content (AvgIpc) is 2.49. The fourth-order valence-corrected chi connectivity index (χ4v) is 3.25. The average molecular weight is 306 g/mol. The number of nitrogen functional groups attached to an aromatic ring is 1. The number of thioether (sulfide) groups is 1. The Kier molecular flexibility index (Phi) is 3.55. The van der Waals surface area contributed by atoms with Gasteiger partial charge in [-0.15, -0.1) is 11.8 Å². The zero-order chi connectivity index (χ0) is 15.0. The van der Waals surface area contributed by atoms with Crippen LogP contribution in [0, 0.1) is 11.6 Å². The summed E-state index contributed by atoms with van der Waals surface area (Å²) in [5, 5.41) is 0. The van der Waals surface area contributed by atoms with E-state index in [1.165, 1.54) is 4.90 Å². The summed E-state index contributed by atoms with van der Waals surface area (Å²) in [6, 6.07) is 9.13. The number of para-hydroxylation sites is 1. The molecule has 21 heavy (non-hydrogen) atoms. The van der Waals surface area contributed by atoms with Crippen molar-refractivity contribution in [2.45, 2.75) is 4.90 Å². The van der Waals surface area contributed by atoms with E-state index in [1.807, 2.05) is 24.3 Å². The minimum atomic E-state index is -0.901. The van der Waals surface area contributed by atoms with Crippen molar-refractivity contribution >= 4 is 29.0 Å². The molecule has 3 nitrogen and oxygen atoms in total. The minimum absolute atomic E-state index is 0.212. The van der Waals surface area contributed by atoms with E-state index in [9.17, 15) is 13.6 Å². The standard InChI is InChI=1S/C15H12F2N2OS/c16-10-8-11(17)12(18)7-9(10)15(20)19-5-6-21-14-4-2-1-3-13(14)19/h1-4,7-8H,5-6,18H2. The summed E-state index contributed by atoms with van der Waals surface area (Å²) < 4.78 is 27.1. The number of benzene rings is 2. The highest BCUT2D eigenvalue weighted by molar-refractivity contribution is 7.99. The molecular weight excluding hydrogens is 294 g/mol. The molecule has 6 heteroatoms. The van der Waals surface area contributed by atoms with Crippen molar-refractivity contribution in [2.75, 3.05) is 22.9 Å². The van der Waals surface area contributed by atoms with Crippen LogP contribution in [-0.2, 0) is 0 Å². The number of fused-ring (bicyclic) bond motifs is 1.